The Hall–Kier alpha value is -3.04. The first kappa shape index (κ1) is 24.6. The van der Waals surface area contributed by atoms with Gasteiger partial charge in [-0.2, -0.15) is 0 Å². The average Bonchev–Trinajstić information content (AvgIpc) is 2.76. The molecular formula is C23H21ClF3NO5. The molecule has 10 heteroatoms. The van der Waals surface area contributed by atoms with Crippen LogP contribution in [-0.4, -0.2) is 55.4 Å². The van der Waals surface area contributed by atoms with Crippen molar-refractivity contribution < 1.29 is 37.0 Å². The molecule has 1 amide bonds. The number of alkyl halides is 3. The first-order chi connectivity index (χ1) is 15.6. The zero-order valence-corrected chi connectivity index (χ0v) is 18.4. The Kier molecular flexibility index (Phi) is 7.99. The molecule has 1 atom stereocenters. The predicted molar refractivity (Wildman–Crippen MR) is 115 cm³/mol. The molecule has 0 spiro atoms. The number of morpholine rings is 1. The molecule has 0 saturated carbocycles. The van der Waals surface area contributed by atoms with Crippen molar-refractivity contribution in [3.05, 3.63) is 64.7 Å². The van der Waals surface area contributed by atoms with E-state index in [1.165, 1.54) is 43.3 Å². The molecule has 6 nitrogen and oxygen atoms in total. The van der Waals surface area contributed by atoms with E-state index < -0.39 is 12.5 Å². The second kappa shape index (κ2) is 10.7. The number of hydrogen-bond acceptors (Lipinski definition) is 5. The number of carbonyl (C=O) groups excluding carboxylic acids is 2. The molecule has 0 N–H and O–H groups in total. The summed E-state index contributed by atoms with van der Waals surface area (Å²) < 4.78 is 52.4. The normalized spacial score (nSPS) is 16.6. The van der Waals surface area contributed by atoms with Crippen LogP contribution in [0.3, 0.4) is 0 Å². The smallest absolute Gasteiger partial charge is 0.490 e. The highest BCUT2D eigenvalue weighted by atomic mass is 35.5. The van der Waals surface area contributed by atoms with E-state index in [1.54, 1.807) is 23.1 Å². The lowest BCUT2D eigenvalue weighted by molar-refractivity contribution is -0.274. The van der Waals surface area contributed by atoms with Crippen LogP contribution in [0.4, 0.5) is 13.2 Å². The van der Waals surface area contributed by atoms with Crippen LogP contribution >= 0.6 is 11.6 Å². The van der Waals surface area contributed by atoms with Crippen molar-refractivity contribution in [3.63, 3.8) is 0 Å². The van der Waals surface area contributed by atoms with Crippen LogP contribution in [0.1, 0.15) is 22.8 Å². The molecule has 2 aromatic rings. The first-order valence-electron chi connectivity index (χ1n) is 9.98. The second-order valence-corrected chi connectivity index (χ2v) is 7.67. The van der Waals surface area contributed by atoms with Crippen LogP contribution in [0.25, 0.3) is 6.08 Å². The first-order valence-corrected chi connectivity index (χ1v) is 10.4. The molecule has 1 aliphatic rings. The Morgan fingerprint density at radius 2 is 2.03 bits per heavy atom. The summed E-state index contributed by atoms with van der Waals surface area (Å²) in [7, 11) is 0. The minimum Gasteiger partial charge on any atom is -0.490 e. The maximum Gasteiger partial charge on any atom is 0.573 e. The molecule has 1 unspecified atom stereocenters. The highest BCUT2D eigenvalue weighted by molar-refractivity contribution is 6.31. The van der Waals surface area contributed by atoms with Gasteiger partial charge in [0.25, 0.3) is 0 Å². The molecule has 0 aromatic heterocycles. The van der Waals surface area contributed by atoms with Gasteiger partial charge in [-0.05, 0) is 48.9 Å². The van der Waals surface area contributed by atoms with Gasteiger partial charge in [-0.15, -0.1) is 13.2 Å². The van der Waals surface area contributed by atoms with E-state index in [1.807, 2.05) is 0 Å². The van der Waals surface area contributed by atoms with Gasteiger partial charge in [0.1, 0.15) is 24.2 Å². The third-order valence-electron chi connectivity index (χ3n) is 4.71. The molecule has 1 fully saturated rings. The maximum atomic E-state index is 12.6. The lowest BCUT2D eigenvalue weighted by Crippen LogP contribution is -2.47. The van der Waals surface area contributed by atoms with E-state index in [0.717, 1.165) is 0 Å². The molecule has 33 heavy (non-hydrogen) atoms. The monoisotopic (exact) mass is 483 g/mol. The summed E-state index contributed by atoms with van der Waals surface area (Å²) in [6.45, 7) is 2.43. The number of carbonyl (C=O) groups is 2. The van der Waals surface area contributed by atoms with Gasteiger partial charge in [-0.25, -0.2) is 0 Å². The van der Waals surface area contributed by atoms with Crippen LogP contribution in [-0.2, 0) is 9.53 Å². The molecule has 176 valence electrons. The third-order valence-corrected chi connectivity index (χ3v) is 4.94. The van der Waals surface area contributed by atoms with Crippen LogP contribution in [0.15, 0.2) is 48.5 Å². The van der Waals surface area contributed by atoms with E-state index in [9.17, 15) is 22.8 Å². The van der Waals surface area contributed by atoms with E-state index in [0.29, 0.717) is 35.1 Å². The van der Waals surface area contributed by atoms with Gasteiger partial charge in [-0.3, -0.25) is 9.59 Å². The lowest BCUT2D eigenvalue weighted by atomic mass is 10.1. The second-order valence-electron chi connectivity index (χ2n) is 7.24. The summed E-state index contributed by atoms with van der Waals surface area (Å²) in [6.07, 6.45) is -2.52. The van der Waals surface area contributed by atoms with Crippen LogP contribution in [0, 0.1) is 0 Å². The SMILES string of the molecule is CC(=O)c1cc(Cl)ccc1OCC1CN(C(=O)C=Cc2cccc(OC(F)(F)F)c2)CCO1. The van der Waals surface area contributed by atoms with E-state index >= 15 is 0 Å². The number of amides is 1. The van der Waals surface area contributed by atoms with Crippen molar-refractivity contribution in [1.29, 1.82) is 0 Å². The number of ether oxygens (including phenoxy) is 3. The van der Waals surface area contributed by atoms with Gasteiger partial charge in [0.15, 0.2) is 5.78 Å². The minimum absolute atomic E-state index is 0.117. The molecule has 1 saturated heterocycles. The van der Waals surface area contributed by atoms with Crippen molar-refractivity contribution in [3.8, 4) is 11.5 Å². The number of nitrogens with zero attached hydrogens (tertiary/aromatic N) is 1. The van der Waals surface area contributed by atoms with Gasteiger partial charge < -0.3 is 19.1 Å². The van der Waals surface area contributed by atoms with E-state index in [4.69, 9.17) is 21.1 Å². The Morgan fingerprint density at radius 3 is 2.76 bits per heavy atom. The summed E-state index contributed by atoms with van der Waals surface area (Å²) in [5.41, 5.74) is 0.739. The van der Waals surface area contributed by atoms with Crippen LogP contribution in [0.5, 0.6) is 11.5 Å². The highest BCUT2D eigenvalue weighted by Gasteiger charge is 2.31. The molecule has 2 aromatic carbocycles. The number of ketones is 1. The van der Waals surface area contributed by atoms with Gasteiger partial charge in [-0.1, -0.05) is 23.7 Å². The number of rotatable bonds is 7. The molecule has 0 aliphatic carbocycles. The number of halogens is 4. The summed E-state index contributed by atoms with van der Waals surface area (Å²) in [6, 6.07) is 10.1. The van der Waals surface area contributed by atoms with Crippen LogP contribution in [0.2, 0.25) is 5.02 Å². The lowest BCUT2D eigenvalue weighted by Gasteiger charge is -2.32. The summed E-state index contributed by atoms with van der Waals surface area (Å²) in [4.78, 5) is 25.9. The fourth-order valence-electron chi connectivity index (χ4n) is 3.19. The van der Waals surface area contributed by atoms with Gasteiger partial charge in [0.2, 0.25) is 5.91 Å². The highest BCUT2D eigenvalue weighted by Crippen LogP contribution is 2.25. The molecule has 3 rings (SSSR count). The summed E-state index contributed by atoms with van der Waals surface area (Å²) in [5, 5.41) is 0.417. The molecule has 0 radical (unpaired) electrons. The average molecular weight is 484 g/mol. The molecule has 1 heterocycles. The number of Topliss-reactive ketones (excluding diaryl/α,β-unsaturated/α-hetero) is 1. The minimum atomic E-state index is -4.79. The Balaban J connectivity index is 1.58. The molecule has 0 bridgehead atoms. The number of hydrogen-bond donors (Lipinski definition) is 0. The third kappa shape index (κ3) is 7.50. The van der Waals surface area contributed by atoms with Crippen molar-refractivity contribution in [1.82, 2.24) is 4.90 Å². The van der Waals surface area contributed by atoms with Crippen molar-refractivity contribution in [2.45, 2.75) is 19.4 Å². The zero-order chi connectivity index (χ0) is 24.0. The largest absolute Gasteiger partial charge is 0.573 e. The van der Waals surface area contributed by atoms with Crippen molar-refractivity contribution >= 4 is 29.4 Å². The van der Waals surface area contributed by atoms with E-state index in [2.05, 4.69) is 4.74 Å². The molecule has 1 aliphatic heterocycles. The number of benzene rings is 2. The van der Waals surface area contributed by atoms with E-state index in [-0.39, 0.29) is 30.6 Å². The Morgan fingerprint density at radius 1 is 1.24 bits per heavy atom. The summed E-state index contributed by atoms with van der Waals surface area (Å²) >= 11 is 5.93. The Bertz CT molecular complexity index is 1040. The standard InChI is InChI=1S/C23H21ClF3NO5/c1-15(29)20-12-17(24)6-7-21(20)32-14-19-13-28(9-10-31-19)22(30)8-5-16-3-2-4-18(11-16)33-23(25,26)27/h2-8,11-12,19H,9-10,13-14H2,1H3. The zero-order valence-electron chi connectivity index (χ0n) is 17.6. The fraction of sp³-hybridized carbons (Fsp3) is 0.304. The Labute approximate surface area is 193 Å². The quantitative estimate of drug-likeness (QED) is 0.419. The van der Waals surface area contributed by atoms with Crippen molar-refractivity contribution in [2.75, 3.05) is 26.3 Å². The maximum absolute atomic E-state index is 12.6. The molecular weight excluding hydrogens is 463 g/mol. The fourth-order valence-corrected chi connectivity index (χ4v) is 3.37. The van der Waals surface area contributed by atoms with Crippen molar-refractivity contribution in [2.24, 2.45) is 0 Å². The van der Waals surface area contributed by atoms with Gasteiger partial charge >= 0.3 is 6.36 Å². The summed E-state index contributed by atoms with van der Waals surface area (Å²) in [5.74, 6) is -0.502. The van der Waals surface area contributed by atoms with Gasteiger partial charge in [0, 0.05) is 17.6 Å². The van der Waals surface area contributed by atoms with Crippen LogP contribution < -0.4 is 9.47 Å². The topological polar surface area (TPSA) is 65.1 Å². The van der Waals surface area contributed by atoms with Gasteiger partial charge in [0.05, 0.1) is 18.7 Å². The predicted octanol–water partition coefficient (Wildman–Crippen LogP) is 4.76.